The van der Waals surface area contributed by atoms with E-state index < -0.39 is 0 Å². The number of aliphatic hydroxyl groups excluding tert-OH is 1. The summed E-state index contributed by atoms with van der Waals surface area (Å²) in [5.74, 6) is 0.220. The number of benzene rings is 1. The van der Waals surface area contributed by atoms with Gasteiger partial charge in [0.15, 0.2) is 0 Å². The van der Waals surface area contributed by atoms with Crippen LogP contribution in [0.15, 0.2) is 30.3 Å². The van der Waals surface area contributed by atoms with Crippen LogP contribution in [-0.4, -0.2) is 72.2 Å². The molecule has 0 bridgehead atoms. The van der Waals surface area contributed by atoms with Crippen molar-refractivity contribution in [3.63, 3.8) is 0 Å². The SMILES string of the molecule is COCCN(C[C@@H]1[C@@H](c2ccccc2)[C@H](CO)N1C(=O)C1CC1)C(C)=O. The summed E-state index contributed by atoms with van der Waals surface area (Å²) in [7, 11) is 1.61. The van der Waals surface area contributed by atoms with Crippen LogP contribution in [0, 0.1) is 5.92 Å². The van der Waals surface area contributed by atoms with Gasteiger partial charge in [-0.2, -0.15) is 0 Å². The Morgan fingerprint density at radius 3 is 2.46 bits per heavy atom. The molecular weight excluding hydrogens is 332 g/mol. The average Bonchev–Trinajstić information content (AvgIpc) is 3.46. The number of ether oxygens (including phenoxy) is 1. The lowest BCUT2D eigenvalue weighted by Crippen LogP contribution is -2.69. The maximum Gasteiger partial charge on any atom is 0.226 e. The third-order valence-electron chi connectivity index (χ3n) is 5.51. The first kappa shape index (κ1) is 18.9. The van der Waals surface area contributed by atoms with Gasteiger partial charge in [-0.25, -0.2) is 0 Å². The molecular formula is C20H28N2O4. The van der Waals surface area contributed by atoms with Crippen LogP contribution in [0.3, 0.4) is 0 Å². The summed E-state index contributed by atoms with van der Waals surface area (Å²) in [5, 5.41) is 9.95. The van der Waals surface area contributed by atoms with Crippen molar-refractivity contribution in [1.29, 1.82) is 0 Å². The minimum Gasteiger partial charge on any atom is -0.394 e. The minimum atomic E-state index is -0.216. The summed E-state index contributed by atoms with van der Waals surface area (Å²) in [5.41, 5.74) is 1.10. The molecule has 26 heavy (non-hydrogen) atoms. The van der Waals surface area contributed by atoms with Gasteiger partial charge in [0.2, 0.25) is 11.8 Å². The minimum absolute atomic E-state index is 0.0277. The first-order chi connectivity index (χ1) is 12.6. The van der Waals surface area contributed by atoms with E-state index in [1.807, 2.05) is 35.2 Å². The van der Waals surface area contributed by atoms with E-state index in [4.69, 9.17) is 4.74 Å². The fraction of sp³-hybridized carbons (Fsp3) is 0.600. The van der Waals surface area contributed by atoms with Gasteiger partial charge in [0, 0.05) is 39.0 Å². The number of hydrogen-bond donors (Lipinski definition) is 1. The van der Waals surface area contributed by atoms with E-state index in [0.717, 1.165) is 18.4 Å². The third kappa shape index (κ3) is 3.76. The molecule has 0 spiro atoms. The van der Waals surface area contributed by atoms with E-state index in [9.17, 15) is 14.7 Å². The zero-order chi connectivity index (χ0) is 18.7. The van der Waals surface area contributed by atoms with Crippen LogP contribution < -0.4 is 0 Å². The number of carbonyl (C=O) groups is 2. The van der Waals surface area contributed by atoms with Crippen molar-refractivity contribution in [1.82, 2.24) is 9.80 Å². The summed E-state index contributed by atoms with van der Waals surface area (Å²) < 4.78 is 5.12. The number of aliphatic hydroxyl groups is 1. The van der Waals surface area contributed by atoms with Gasteiger partial charge in [-0.05, 0) is 18.4 Å². The van der Waals surface area contributed by atoms with E-state index in [1.165, 1.54) is 0 Å². The zero-order valence-electron chi connectivity index (χ0n) is 15.5. The van der Waals surface area contributed by atoms with E-state index >= 15 is 0 Å². The van der Waals surface area contributed by atoms with E-state index in [-0.39, 0.29) is 42.3 Å². The van der Waals surface area contributed by atoms with Crippen LogP contribution in [0.4, 0.5) is 0 Å². The lowest BCUT2D eigenvalue weighted by molar-refractivity contribution is -0.156. The molecule has 0 radical (unpaired) electrons. The Hall–Kier alpha value is -1.92. The van der Waals surface area contributed by atoms with E-state index in [0.29, 0.717) is 19.7 Å². The van der Waals surface area contributed by atoms with Crippen LogP contribution in [0.1, 0.15) is 31.2 Å². The first-order valence-electron chi connectivity index (χ1n) is 9.31. The lowest BCUT2D eigenvalue weighted by Gasteiger charge is -2.56. The zero-order valence-corrected chi connectivity index (χ0v) is 15.5. The molecule has 6 nitrogen and oxygen atoms in total. The Balaban J connectivity index is 1.84. The normalized spacial score (nSPS) is 24.9. The second kappa shape index (κ2) is 8.18. The predicted molar refractivity (Wildman–Crippen MR) is 97.5 cm³/mol. The van der Waals surface area contributed by atoms with Crippen LogP contribution in [0.5, 0.6) is 0 Å². The monoisotopic (exact) mass is 360 g/mol. The molecule has 3 rings (SSSR count). The molecule has 142 valence electrons. The molecule has 1 heterocycles. The van der Waals surface area contributed by atoms with Crippen LogP contribution in [0.25, 0.3) is 0 Å². The highest BCUT2D eigenvalue weighted by Crippen LogP contribution is 2.44. The Morgan fingerprint density at radius 1 is 1.23 bits per heavy atom. The predicted octanol–water partition coefficient (Wildman–Crippen LogP) is 1.25. The van der Waals surface area contributed by atoms with Crippen molar-refractivity contribution in [3.8, 4) is 0 Å². The second-order valence-corrected chi connectivity index (χ2v) is 7.23. The van der Waals surface area contributed by atoms with Gasteiger partial charge < -0.3 is 19.6 Å². The van der Waals surface area contributed by atoms with Crippen molar-refractivity contribution in [2.45, 2.75) is 37.8 Å². The number of methoxy groups -OCH3 is 1. The van der Waals surface area contributed by atoms with E-state index in [1.54, 1.807) is 18.9 Å². The Labute approximate surface area is 154 Å². The molecule has 2 amide bonds. The summed E-state index contributed by atoms with van der Waals surface area (Å²) in [6.45, 7) is 2.91. The smallest absolute Gasteiger partial charge is 0.226 e. The van der Waals surface area contributed by atoms with Gasteiger partial charge in [0.1, 0.15) is 0 Å². The maximum atomic E-state index is 12.8. The molecule has 0 aromatic heterocycles. The maximum absolute atomic E-state index is 12.8. The molecule has 1 aromatic rings. The number of rotatable bonds is 8. The van der Waals surface area contributed by atoms with Crippen LogP contribution >= 0.6 is 0 Å². The number of amides is 2. The molecule has 2 fully saturated rings. The van der Waals surface area contributed by atoms with Gasteiger partial charge >= 0.3 is 0 Å². The highest BCUT2D eigenvalue weighted by atomic mass is 16.5. The molecule has 1 aliphatic carbocycles. The van der Waals surface area contributed by atoms with Crippen LogP contribution in [0.2, 0.25) is 0 Å². The molecule has 1 saturated carbocycles. The molecule has 3 atom stereocenters. The average molecular weight is 360 g/mol. The molecule has 6 heteroatoms. The molecule has 1 aromatic carbocycles. The topological polar surface area (TPSA) is 70.1 Å². The molecule has 1 aliphatic heterocycles. The molecule has 1 saturated heterocycles. The fourth-order valence-corrected chi connectivity index (χ4v) is 3.94. The van der Waals surface area contributed by atoms with Gasteiger partial charge in [0.05, 0.1) is 25.3 Å². The van der Waals surface area contributed by atoms with Crippen molar-refractivity contribution in [2.75, 3.05) is 33.4 Å². The lowest BCUT2D eigenvalue weighted by atomic mass is 9.74. The van der Waals surface area contributed by atoms with Crippen molar-refractivity contribution < 1.29 is 19.4 Å². The highest BCUT2D eigenvalue weighted by Gasteiger charge is 2.53. The standard InChI is InChI=1S/C20H28N2O4/c1-14(24)21(10-11-26-2)12-17-19(15-6-4-3-5-7-15)18(13-23)22(17)20(25)16-8-9-16/h3-7,16-19,23H,8-13H2,1-2H3/t17-,18+,19-/m1/s1. The number of hydrogen-bond acceptors (Lipinski definition) is 4. The number of nitrogens with zero attached hydrogens (tertiary/aromatic N) is 2. The fourth-order valence-electron chi connectivity index (χ4n) is 3.94. The quantitative estimate of drug-likeness (QED) is 0.757. The van der Waals surface area contributed by atoms with Gasteiger partial charge in [-0.15, -0.1) is 0 Å². The first-order valence-corrected chi connectivity index (χ1v) is 9.31. The Morgan fingerprint density at radius 2 is 1.92 bits per heavy atom. The van der Waals surface area contributed by atoms with Gasteiger partial charge in [0.25, 0.3) is 0 Å². The third-order valence-corrected chi connectivity index (χ3v) is 5.51. The summed E-state index contributed by atoms with van der Waals surface area (Å²) in [4.78, 5) is 28.4. The van der Waals surface area contributed by atoms with Crippen molar-refractivity contribution in [2.24, 2.45) is 5.92 Å². The molecule has 1 N–H and O–H groups in total. The number of carbonyl (C=O) groups excluding carboxylic acids is 2. The largest absolute Gasteiger partial charge is 0.394 e. The second-order valence-electron chi connectivity index (χ2n) is 7.23. The summed E-state index contributed by atoms with van der Waals surface area (Å²) in [6, 6.07) is 9.65. The highest BCUT2D eigenvalue weighted by molar-refractivity contribution is 5.83. The van der Waals surface area contributed by atoms with Gasteiger partial charge in [-0.1, -0.05) is 30.3 Å². The number of likely N-dealkylation sites (tertiary alicyclic amines) is 1. The molecule has 0 unspecified atom stereocenters. The summed E-state index contributed by atoms with van der Waals surface area (Å²) >= 11 is 0. The van der Waals surface area contributed by atoms with E-state index in [2.05, 4.69) is 0 Å². The van der Waals surface area contributed by atoms with Crippen LogP contribution in [-0.2, 0) is 14.3 Å². The summed E-state index contributed by atoms with van der Waals surface area (Å²) in [6.07, 6.45) is 1.85. The Kier molecular flexibility index (Phi) is 5.94. The Bertz CT molecular complexity index is 632. The van der Waals surface area contributed by atoms with Gasteiger partial charge in [-0.3, -0.25) is 9.59 Å². The van der Waals surface area contributed by atoms with Crippen molar-refractivity contribution >= 4 is 11.8 Å². The van der Waals surface area contributed by atoms with Crippen molar-refractivity contribution in [3.05, 3.63) is 35.9 Å². The molecule has 2 aliphatic rings.